The molecule has 0 saturated carbocycles. The molecule has 0 spiro atoms. The van der Waals surface area contributed by atoms with E-state index in [1.165, 1.54) is 34.4 Å². The van der Waals surface area contributed by atoms with Gasteiger partial charge < -0.3 is 20.7 Å². The number of thiophene rings is 1. The van der Waals surface area contributed by atoms with Gasteiger partial charge in [0.05, 0.1) is 23.1 Å². The fourth-order valence-electron chi connectivity index (χ4n) is 3.72. The molecule has 0 atom stereocenters. The number of carbonyl (C=O) groups is 3. The summed E-state index contributed by atoms with van der Waals surface area (Å²) in [5.74, 6) is -0.153. The van der Waals surface area contributed by atoms with Crippen molar-refractivity contribution >= 4 is 79.3 Å². The number of carbonyl (C=O) groups excluding carboxylic acids is 3. The molecule has 206 valence electrons. The van der Waals surface area contributed by atoms with Crippen molar-refractivity contribution in [2.45, 2.75) is 4.90 Å². The Labute approximate surface area is 248 Å². The molecule has 11 heteroatoms. The van der Waals surface area contributed by atoms with Crippen molar-refractivity contribution in [1.29, 1.82) is 0 Å². The fraction of sp³-hybridized carbons (Fsp3) is 0.0667. The number of ether oxygens (including phenoxy) is 1. The Morgan fingerprint density at radius 3 is 2.61 bits per heavy atom. The first kappa shape index (κ1) is 28.1. The number of hydrogen-bond acceptors (Lipinski definition) is 8. The zero-order valence-electron chi connectivity index (χ0n) is 21.7. The number of methoxy groups -OCH3 is 1. The predicted octanol–water partition coefficient (Wildman–Crippen LogP) is 6.51. The largest absolute Gasteiger partial charge is 0.497 e. The average molecular weight is 601 g/mol. The second-order valence-electron chi connectivity index (χ2n) is 8.61. The molecule has 41 heavy (non-hydrogen) atoms. The van der Waals surface area contributed by atoms with Crippen LogP contribution in [0.25, 0.3) is 16.3 Å². The third kappa shape index (κ3) is 7.60. The normalized spacial score (nSPS) is 11.2. The topological polar surface area (TPSA) is 109 Å². The summed E-state index contributed by atoms with van der Waals surface area (Å²) in [7, 11) is 1.60. The molecule has 0 saturated heterocycles. The van der Waals surface area contributed by atoms with Crippen LogP contribution in [0.3, 0.4) is 0 Å². The molecule has 3 N–H and O–H groups in total. The zero-order valence-corrected chi connectivity index (χ0v) is 24.2. The van der Waals surface area contributed by atoms with Crippen molar-refractivity contribution in [3.63, 3.8) is 0 Å². The quantitative estimate of drug-likeness (QED) is 0.125. The predicted molar refractivity (Wildman–Crippen MR) is 167 cm³/mol. The number of amides is 3. The number of thiazole rings is 1. The van der Waals surface area contributed by atoms with Crippen LogP contribution >= 0.6 is 34.4 Å². The summed E-state index contributed by atoms with van der Waals surface area (Å²) in [6, 6.07) is 23.3. The van der Waals surface area contributed by atoms with Crippen LogP contribution in [0, 0.1) is 0 Å². The van der Waals surface area contributed by atoms with Gasteiger partial charge in [-0.2, -0.15) is 11.3 Å². The van der Waals surface area contributed by atoms with Gasteiger partial charge in [-0.15, -0.1) is 11.8 Å². The smallest absolute Gasteiger partial charge is 0.272 e. The molecule has 0 unspecified atom stereocenters. The van der Waals surface area contributed by atoms with Crippen LogP contribution < -0.4 is 20.7 Å². The minimum absolute atomic E-state index is 0.114. The van der Waals surface area contributed by atoms with Crippen molar-refractivity contribution in [2.75, 3.05) is 23.5 Å². The van der Waals surface area contributed by atoms with E-state index in [9.17, 15) is 14.4 Å². The lowest BCUT2D eigenvalue weighted by atomic mass is 10.2. The van der Waals surface area contributed by atoms with E-state index < -0.39 is 5.91 Å². The van der Waals surface area contributed by atoms with Crippen LogP contribution in [0.15, 0.2) is 100 Å². The van der Waals surface area contributed by atoms with Gasteiger partial charge in [0.1, 0.15) is 11.4 Å². The molecule has 5 aromatic rings. The first-order valence-electron chi connectivity index (χ1n) is 12.4. The summed E-state index contributed by atoms with van der Waals surface area (Å²) < 4.78 is 6.17. The number of anilines is 2. The molecule has 0 bridgehead atoms. The van der Waals surface area contributed by atoms with Gasteiger partial charge >= 0.3 is 0 Å². The highest BCUT2D eigenvalue weighted by Gasteiger charge is 2.16. The maximum absolute atomic E-state index is 13.2. The lowest BCUT2D eigenvalue weighted by Crippen LogP contribution is -2.30. The third-order valence-corrected chi connectivity index (χ3v) is 8.32. The zero-order chi connectivity index (χ0) is 28.6. The van der Waals surface area contributed by atoms with Crippen molar-refractivity contribution in [3.05, 3.63) is 106 Å². The lowest BCUT2D eigenvalue weighted by molar-refractivity contribution is -0.114. The van der Waals surface area contributed by atoms with Gasteiger partial charge in [0.2, 0.25) is 5.91 Å². The van der Waals surface area contributed by atoms with Crippen LogP contribution in [0.1, 0.15) is 15.9 Å². The summed E-state index contributed by atoms with van der Waals surface area (Å²) in [6.45, 7) is 0. The van der Waals surface area contributed by atoms with Gasteiger partial charge in [0.25, 0.3) is 11.8 Å². The van der Waals surface area contributed by atoms with E-state index in [1.807, 2.05) is 47.2 Å². The second-order valence-corrected chi connectivity index (χ2v) is 11.5. The summed E-state index contributed by atoms with van der Waals surface area (Å²) in [5, 5.41) is 12.7. The second kappa shape index (κ2) is 13.3. The maximum atomic E-state index is 13.2. The van der Waals surface area contributed by atoms with E-state index in [4.69, 9.17) is 4.74 Å². The van der Waals surface area contributed by atoms with Crippen molar-refractivity contribution in [1.82, 2.24) is 10.3 Å². The van der Waals surface area contributed by atoms with Gasteiger partial charge in [0.15, 0.2) is 5.13 Å². The number of benzene rings is 3. The Kier molecular flexibility index (Phi) is 9.09. The monoisotopic (exact) mass is 600 g/mol. The Hall–Kier alpha value is -4.45. The molecule has 0 aliphatic rings. The minimum atomic E-state index is -0.465. The highest BCUT2D eigenvalue weighted by molar-refractivity contribution is 8.00. The van der Waals surface area contributed by atoms with Gasteiger partial charge in [-0.1, -0.05) is 35.6 Å². The van der Waals surface area contributed by atoms with Gasteiger partial charge in [-0.25, -0.2) is 4.98 Å². The van der Waals surface area contributed by atoms with Crippen molar-refractivity contribution < 1.29 is 19.1 Å². The van der Waals surface area contributed by atoms with E-state index in [2.05, 4.69) is 20.9 Å². The molecule has 0 fully saturated rings. The van der Waals surface area contributed by atoms with Gasteiger partial charge in [-0.3, -0.25) is 14.4 Å². The van der Waals surface area contributed by atoms with Crippen LogP contribution in [0.5, 0.6) is 5.75 Å². The molecule has 3 amide bonds. The van der Waals surface area contributed by atoms with Crippen LogP contribution in [-0.4, -0.2) is 35.6 Å². The van der Waals surface area contributed by atoms with Crippen LogP contribution in [-0.2, 0) is 9.59 Å². The standard InChI is InChI=1S/C30H24N4O4S3/c1-38-22-10-11-24-26(16-22)41-30(33-24)34-27(35)18-40-23-9-5-8-21(15-23)31-29(37)25(14-19-12-13-39-17-19)32-28(36)20-6-3-2-4-7-20/h2-17H,18H2,1H3,(H,31,37)(H,32,36)(H,33,34,35)/b25-14-. The summed E-state index contributed by atoms with van der Waals surface area (Å²) >= 11 is 4.20. The van der Waals surface area contributed by atoms with Crippen LogP contribution in [0.4, 0.5) is 10.8 Å². The van der Waals surface area contributed by atoms with E-state index in [0.717, 1.165) is 26.4 Å². The van der Waals surface area contributed by atoms with Gasteiger partial charge in [-0.05, 0) is 77.0 Å². The Balaban J connectivity index is 1.21. The van der Waals surface area contributed by atoms with Crippen LogP contribution in [0.2, 0.25) is 0 Å². The number of thioether (sulfide) groups is 1. The van der Waals surface area contributed by atoms with E-state index in [1.54, 1.807) is 55.7 Å². The number of nitrogens with one attached hydrogen (secondary N) is 3. The average Bonchev–Trinajstić information content (AvgIpc) is 3.65. The van der Waals surface area contributed by atoms with E-state index in [0.29, 0.717) is 16.4 Å². The summed E-state index contributed by atoms with van der Waals surface area (Å²) in [4.78, 5) is 43.8. The molecule has 5 rings (SSSR count). The summed E-state index contributed by atoms with van der Waals surface area (Å²) in [5.41, 5.74) is 2.68. The molecular formula is C30H24N4O4S3. The molecule has 8 nitrogen and oxygen atoms in total. The van der Waals surface area contributed by atoms with Crippen molar-refractivity contribution in [3.8, 4) is 5.75 Å². The molecule has 3 aromatic carbocycles. The fourth-order valence-corrected chi connectivity index (χ4v) is 6.00. The first-order chi connectivity index (χ1) is 20.0. The Morgan fingerprint density at radius 1 is 0.976 bits per heavy atom. The summed E-state index contributed by atoms with van der Waals surface area (Å²) in [6.07, 6.45) is 1.63. The number of hydrogen-bond donors (Lipinski definition) is 3. The highest BCUT2D eigenvalue weighted by atomic mass is 32.2. The molecule has 2 heterocycles. The third-order valence-electron chi connectivity index (χ3n) is 5.69. The molecular weight excluding hydrogens is 577 g/mol. The van der Waals surface area contributed by atoms with Crippen molar-refractivity contribution in [2.24, 2.45) is 0 Å². The van der Waals surface area contributed by atoms with E-state index in [-0.39, 0.29) is 23.3 Å². The number of fused-ring (bicyclic) bond motifs is 1. The lowest BCUT2D eigenvalue weighted by Gasteiger charge is -2.12. The minimum Gasteiger partial charge on any atom is -0.497 e. The molecule has 2 aromatic heterocycles. The molecule has 0 radical (unpaired) electrons. The maximum Gasteiger partial charge on any atom is 0.272 e. The SMILES string of the molecule is COc1ccc2nc(NC(=O)CSc3cccc(NC(=O)/C(=C/c4ccsc4)NC(=O)c4ccccc4)c3)sc2c1. The Morgan fingerprint density at radius 2 is 1.83 bits per heavy atom. The Bertz CT molecular complexity index is 1720. The molecule has 0 aliphatic heterocycles. The number of nitrogens with zero attached hydrogens (tertiary/aromatic N) is 1. The van der Waals surface area contributed by atoms with Gasteiger partial charge in [0, 0.05) is 16.1 Å². The number of aromatic nitrogens is 1. The first-order valence-corrected chi connectivity index (χ1v) is 15.1. The highest BCUT2D eigenvalue weighted by Crippen LogP contribution is 2.29. The number of rotatable bonds is 10. The van der Waals surface area contributed by atoms with E-state index >= 15 is 0 Å². The molecule has 0 aliphatic carbocycles.